The highest BCUT2D eigenvalue weighted by Gasteiger charge is 2.21. The van der Waals surface area contributed by atoms with Crippen LogP contribution in [0, 0.1) is 6.92 Å². The van der Waals surface area contributed by atoms with Crippen LogP contribution >= 0.6 is 0 Å². The molecule has 5 nitrogen and oxygen atoms in total. The Hall–Kier alpha value is -3.34. The van der Waals surface area contributed by atoms with E-state index in [-0.39, 0.29) is 0 Å². The van der Waals surface area contributed by atoms with E-state index >= 15 is 0 Å². The summed E-state index contributed by atoms with van der Waals surface area (Å²) < 4.78 is 3.87. The molecule has 5 heteroatoms. The number of hydrogen-bond donors (Lipinski definition) is 1. The fraction of sp³-hybridized carbons (Fsp3) is 0.100. The lowest BCUT2D eigenvalue weighted by molar-refractivity contribution is 0.100. The topological polar surface area (TPSA) is 65.8 Å². The van der Waals surface area contributed by atoms with Gasteiger partial charge in [0.1, 0.15) is 5.82 Å². The predicted octanol–water partition coefficient (Wildman–Crippen LogP) is 3.44. The van der Waals surface area contributed by atoms with Gasteiger partial charge in [-0.1, -0.05) is 42.5 Å². The molecule has 0 aliphatic carbocycles. The van der Waals surface area contributed by atoms with Crippen molar-refractivity contribution in [3.8, 4) is 16.9 Å². The highest BCUT2D eigenvalue weighted by atomic mass is 16.1. The molecule has 2 N–H and O–H groups in total. The number of benzene rings is 2. The number of carbonyl (C=O) groups excluding carboxylic acids is 1. The van der Waals surface area contributed by atoms with Crippen molar-refractivity contribution in [3.05, 3.63) is 72.4 Å². The summed E-state index contributed by atoms with van der Waals surface area (Å²) in [6.07, 6.45) is 5.47. The first-order valence-electron chi connectivity index (χ1n) is 8.04. The van der Waals surface area contributed by atoms with E-state index in [1.165, 1.54) is 0 Å². The second kappa shape index (κ2) is 5.63. The number of amides is 1. The molecule has 4 aromatic rings. The minimum atomic E-state index is -0.429. The van der Waals surface area contributed by atoms with Gasteiger partial charge in [0.2, 0.25) is 0 Å². The highest BCUT2D eigenvalue weighted by molar-refractivity contribution is 6.06. The molecule has 2 heterocycles. The highest BCUT2D eigenvalue weighted by Crippen LogP contribution is 2.34. The van der Waals surface area contributed by atoms with Crippen molar-refractivity contribution in [2.24, 2.45) is 12.8 Å². The van der Waals surface area contributed by atoms with Gasteiger partial charge in [-0.15, -0.1) is 0 Å². The second-order valence-corrected chi connectivity index (χ2v) is 6.13. The smallest absolute Gasteiger partial charge is 0.251 e. The van der Waals surface area contributed by atoms with Crippen molar-refractivity contribution in [1.29, 1.82) is 0 Å². The molecule has 25 heavy (non-hydrogen) atoms. The standard InChI is InChI=1S/C20H18N4O/c1-13-19(20(21)25)17(11-24(13)18-10-22-12-23(18)2)16-9-5-7-14-6-3-4-8-15(14)16/h3-12H,1-2H3,(H2,21,25). The average Bonchev–Trinajstić information content (AvgIpc) is 3.17. The molecule has 4 rings (SSSR count). The normalized spacial score (nSPS) is 11.1. The van der Waals surface area contributed by atoms with E-state index in [1.807, 2.05) is 53.6 Å². The van der Waals surface area contributed by atoms with Gasteiger partial charge in [0, 0.05) is 24.5 Å². The second-order valence-electron chi connectivity index (χ2n) is 6.13. The third-order valence-electron chi connectivity index (χ3n) is 4.61. The Morgan fingerprint density at radius 1 is 1.08 bits per heavy atom. The molecule has 124 valence electrons. The molecule has 0 spiro atoms. The van der Waals surface area contributed by atoms with Crippen LogP contribution in [0.1, 0.15) is 16.1 Å². The van der Waals surface area contributed by atoms with Gasteiger partial charge in [0.25, 0.3) is 5.91 Å². The molecule has 0 saturated heterocycles. The summed E-state index contributed by atoms with van der Waals surface area (Å²) in [5, 5.41) is 2.22. The number of carbonyl (C=O) groups is 1. The first-order chi connectivity index (χ1) is 12.1. The van der Waals surface area contributed by atoms with Gasteiger partial charge in [0.05, 0.1) is 18.1 Å². The lowest BCUT2D eigenvalue weighted by Crippen LogP contribution is -2.13. The van der Waals surface area contributed by atoms with Gasteiger partial charge in [-0.3, -0.25) is 4.79 Å². The largest absolute Gasteiger partial charge is 0.366 e. The van der Waals surface area contributed by atoms with Gasteiger partial charge in [0.15, 0.2) is 0 Å². The van der Waals surface area contributed by atoms with E-state index in [4.69, 9.17) is 5.73 Å². The van der Waals surface area contributed by atoms with Crippen LogP contribution in [0.2, 0.25) is 0 Å². The Balaban J connectivity index is 2.05. The lowest BCUT2D eigenvalue weighted by atomic mass is 9.96. The van der Waals surface area contributed by atoms with Crippen molar-refractivity contribution in [1.82, 2.24) is 14.1 Å². The van der Waals surface area contributed by atoms with Crippen LogP contribution in [0.4, 0.5) is 0 Å². The molecule has 0 bridgehead atoms. The Bertz CT molecular complexity index is 1100. The number of fused-ring (bicyclic) bond motifs is 1. The number of aromatic nitrogens is 3. The van der Waals surface area contributed by atoms with Gasteiger partial charge in [-0.25, -0.2) is 4.98 Å². The van der Waals surface area contributed by atoms with Crippen LogP contribution in [0.3, 0.4) is 0 Å². The first kappa shape index (κ1) is 15.2. The summed E-state index contributed by atoms with van der Waals surface area (Å²) in [5.74, 6) is 0.452. The van der Waals surface area contributed by atoms with Crippen LogP contribution in [0.15, 0.2) is 61.2 Å². The maximum Gasteiger partial charge on any atom is 0.251 e. The minimum absolute atomic E-state index is 0.429. The van der Waals surface area contributed by atoms with E-state index < -0.39 is 5.91 Å². The minimum Gasteiger partial charge on any atom is -0.366 e. The summed E-state index contributed by atoms with van der Waals surface area (Å²) >= 11 is 0. The predicted molar refractivity (Wildman–Crippen MR) is 98.7 cm³/mol. The number of rotatable bonds is 3. The molecule has 0 atom stereocenters. The summed E-state index contributed by atoms with van der Waals surface area (Å²) in [7, 11) is 1.92. The molecule has 0 fully saturated rings. The van der Waals surface area contributed by atoms with Crippen molar-refractivity contribution in [2.45, 2.75) is 6.92 Å². The molecular weight excluding hydrogens is 312 g/mol. The summed E-state index contributed by atoms with van der Waals surface area (Å²) in [4.78, 5) is 16.4. The third-order valence-corrected chi connectivity index (χ3v) is 4.61. The van der Waals surface area contributed by atoms with Gasteiger partial charge >= 0.3 is 0 Å². The van der Waals surface area contributed by atoms with E-state index in [9.17, 15) is 4.79 Å². The summed E-state index contributed by atoms with van der Waals surface area (Å²) in [6.45, 7) is 1.90. The number of nitrogens with two attached hydrogens (primary N) is 1. The Morgan fingerprint density at radius 3 is 2.56 bits per heavy atom. The van der Waals surface area contributed by atoms with Crippen molar-refractivity contribution in [2.75, 3.05) is 0 Å². The zero-order chi connectivity index (χ0) is 17.6. The average molecular weight is 330 g/mol. The Labute approximate surface area is 145 Å². The van der Waals surface area contributed by atoms with E-state index in [0.29, 0.717) is 5.56 Å². The summed E-state index contributed by atoms with van der Waals surface area (Å²) in [5.41, 5.74) is 8.90. The van der Waals surface area contributed by atoms with Crippen LogP contribution in [-0.2, 0) is 7.05 Å². The quantitative estimate of drug-likeness (QED) is 0.625. The molecule has 0 aliphatic rings. The number of hydrogen-bond acceptors (Lipinski definition) is 2. The van der Waals surface area contributed by atoms with Crippen LogP contribution in [0.25, 0.3) is 27.7 Å². The van der Waals surface area contributed by atoms with Gasteiger partial charge < -0.3 is 14.9 Å². The fourth-order valence-corrected chi connectivity index (χ4v) is 3.40. The van der Waals surface area contributed by atoms with Crippen molar-refractivity contribution >= 4 is 16.7 Å². The molecule has 2 aromatic carbocycles. The maximum atomic E-state index is 12.2. The molecule has 0 radical (unpaired) electrons. The maximum absolute atomic E-state index is 12.2. The molecule has 0 saturated carbocycles. The number of primary amides is 1. The first-order valence-corrected chi connectivity index (χ1v) is 8.04. The van der Waals surface area contributed by atoms with Gasteiger partial charge in [-0.2, -0.15) is 0 Å². The van der Waals surface area contributed by atoms with Crippen LogP contribution in [0.5, 0.6) is 0 Å². The van der Waals surface area contributed by atoms with E-state index in [0.717, 1.165) is 33.4 Å². The van der Waals surface area contributed by atoms with Crippen molar-refractivity contribution in [3.63, 3.8) is 0 Å². The lowest BCUT2D eigenvalue weighted by Gasteiger charge is -2.06. The Morgan fingerprint density at radius 2 is 1.84 bits per heavy atom. The van der Waals surface area contributed by atoms with Crippen LogP contribution in [-0.4, -0.2) is 20.0 Å². The fourth-order valence-electron chi connectivity index (χ4n) is 3.40. The number of aryl methyl sites for hydroxylation is 1. The number of nitrogens with zero attached hydrogens (tertiary/aromatic N) is 3. The molecule has 0 unspecified atom stereocenters. The van der Waals surface area contributed by atoms with E-state index in [2.05, 4.69) is 23.2 Å². The SMILES string of the molecule is Cc1c(C(N)=O)c(-c2cccc3ccccc23)cn1-c1cncn1C. The number of imidazole rings is 1. The molecular formula is C20H18N4O. The third kappa shape index (κ3) is 2.32. The summed E-state index contributed by atoms with van der Waals surface area (Å²) in [6, 6.07) is 14.2. The van der Waals surface area contributed by atoms with E-state index in [1.54, 1.807) is 12.5 Å². The molecule has 0 aliphatic heterocycles. The van der Waals surface area contributed by atoms with Crippen molar-refractivity contribution < 1.29 is 4.79 Å². The molecule has 2 aromatic heterocycles. The molecule has 1 amide bonds. The van der Waals surface area contributed by atoms with Gasteiger partial charge in [-0.05, 0) is 23.3 Å². The zero-order valence-corrected chi connectivity index (χ0v) is 14.1. The Kier molecular flexibility index (Phi) is 3.42. The van der Waals surface area contributed by atoms with Crippen LogP contribution < -0.4 is 5.73 Å². The monoisotopic (exact) mass is 330 g/mol. The zero-order valence-electron chi connectivity index (χ0n) is 14.1.